The summed E-state index contributed by atoms with van der Waals surface area (Å²) < 4.78 is 57.5. The van der Waals surface area contributed by atoms with Gasteiger partial charge in [-0.05, 0) is 49.7 Å². The van der Waals surface area contributed by atoms with Gasteiger partial charge < -0.3 is 20.1 Å². The van der Waals surface area contributed by atoms with E-state index in [1.165, 1.54) is 55.9 Å². The lowest BCUT2D eigenvalue weighted by atomic mass is 9.87. The van der Waals surface area contributed by atoms with Crippen molar-refractivity contribution < 1.29 is 27.3 Å². The van der Waals surface area contributed by atoms with Crippen LogP contribution in [0, 0.1) is 22.9 Å². The third kappa shape index (κ3) is 5.28. The largest absolute Gasteiger partial charge is 0.325 e. The number of nitrogens with zero attached hydrogens (tertiary/aromatic N) is 2. The zero-order valence-electron chi connectivity index (χ0n) is 21.0. The molecule has 200 valence electrons. The molecule has 0 aliphatic carbocycles. The Morgan fingerprint density at radius 2 is 1.82 bits per heavy atom. The van der Waals surface area contributed by atoms with Gasteiger partial charge in [0, 0.05) is 34.3 Å². The van der Waals surface area contributed by atoms with Crippen LogP contribution in [-0.4, -0.2) is 42.8 Å². The van der Waals surface area contributed by atoms with Gasteiger partial charge in [0.15, 0.2) is 11.6 Å². The minimum absolute atomic E-state index is 0.0287. The van der Waals surface area contributed by atoms with Crippen LogP contribution in [0.1, 0.15) is 13.8 Å². The molecular formula is C26H25ClF3N4O3P. The third-order valence-electron chi connectivity index (χ3n) is 6.25. The highest BCUT2D eigenvalue weighted by atomic mass is 35.5. The molecule has 2 N–H and O–H groups in total. The predicted molar refractivity (Wildman–Crippen MR) is 142 cm³/mol. The van der Waals surface area contributed by atoms with Crippen molar-refractivity contribution in [3.05, 3.63) is 71.1 Å². The van der Waals surface area contributed by atoms with E-state index in [4.69, 9.17) is 11.6 Å². The fourth-order valence-corrected chi connectivity index (χ4v) is 5.68. The van der Waals surface area contributed by atoms with Crippen molar-refractivity contribution >= 4 is 47.5 Å². The lowest BCUT2D eigenvalue weighted by Gasteiger charge is -2.24. The summed E-state index contributed by atoms with van der Waals surface area (Å²) in [4.78, 5) is 31.0. The van der Waals surface area contributed by atoms with Gasteiger partial charge >= 0.3 is 6.03 Å². The molecule has 4 rings (SSSR count). The molecule has 3 aromatic rings. The fourth-order valence-electron chi connectivity index (χ4n) is 4.40. The highest BCUT2D eigenvalue weighted by Gasteiger charge is 2.48. The first-order chi connectivity index (χ1) is 17.7. The Hall–Kier alpha value is -3.36. The smallest absolute Gasteiger partial charge is 0.319 e. The van der Waals surface area contributed by atoms with Crippen LogP contribution in [0.15, 0.2) is 48.7 Å². The van der Waals surface area contributed by atoms with Gasteiger partial charge in [-0.1, -0.05) is 31.5 Å². The number of carbonyl (C=O) groups excluding carboxylic acids is 2. The van der Waals surface area contributed by atoms with E-state index in [1.807, 2.05) is 0 Å². The number of carbonyl (C=O) groups is 2. The van der Waals surface area contributed by atoms with E-state index in [0.29, 0.717) is 0 Å². The molecule has 2 aromatic carbocycles. The Bertz CT molecular complexity index is 1490. The molecule has 1 fully saturated rings. The van der Waals surface area contributed by atoms with E-state index in [0.717, 1.165) is 11.0 Å². The Kier molecular flexibility index (Phi) is 7.34. The number of urea groups is 1. The molecule has 0 bridgehead atoms. The van der Waals surface area contributed by atoms with E-state index in [2.05, 4.69) is 15.6 Å². The molecule has 1 aromatic heterocycles. The zero-order chi connectivity index (χ0) is 28.0. The third-order valence-corrected chi connectivity index (χ3v) is 7.87. The number of aromatic nitrogens is 1. The standard InChI is InChI=1S/C26H25ClF3N4O3P/c1-26(2)13-34(24(35)22(26)33-25(36)32-18-9-7-14(27)12-17(18)28)19-10-8-15(20(29)21(19)30)16-6-5-11-31-23(16)38(3,4)37/h5-12,22H,13H2,1-4H3,(H2,32,33,36)/t22-/m0/s1. The number of pyridine rings is 1. The number of hydrogen-bond donors (Lipinski definition) is 2. The molecule has 12 heteroatoms. The van der Waals surface area contributed by atoms with Gasteiger partial charge in [-0.15, -0.1) is 0 Å². The summed E-state index contributed by atoms with van der Waals surface area (Å²) in [6.45, 7) is 6.31. The summed E-state index contributed by atoms with van der Waals surface area (Å²) in [5, 5.41) is 4.98. The van der Waals surface area contributed by atoms with Crippen molar-refractivity contribution in [3.63, 3.8) is 0 Å². The first-order valence-corrected chi connectivity index (χ1v) is 14.5. The number of hydrogen-bond acceptors (Lipinski definition) is 4. The minimum atomic E-state index is -2.91. The number of anilines is 2. The van der Waals surface area contributed by atoms with Crippen molar-refractivity contribution in [1.82, 2.24) is 10.3 Å². The van der Waals surface area contributed by atoms with Crippen LogP contribution in [0.4, 0.5) is 29.3 Å². The van der Waals surface area contributed by atoms with E-state index in [1.54, 1.807) is 13.8 Å². The molecule has 1 saturated heterocycles. The number of halogens is 4. The van der Waals surface area contributed by atoms with Gasteiger partial charge in [0.05, 0.1) is 11.4 Å². The molecular weight excluding hydrogens is 540 g/mol. The maximum atomic E-state index is 15.4. The fraction of sp³-hybridized carbons (Fsp3) is 0.269. The SMILES string of the molecule is CC1(C)CN(c2ccc(-c3cccnc3P(C)(C)=O)c(F)c2F)C(=O)[C@@H]1NC(=O)Nc1ccc(Cl)cc1F. The van der Waals surface area contributed by atoms with Crippen molar-refractivity contribution in [1.29, 1.82) is 0 Å². The minimum Gasteiger partial charge on any atom is -0.325 e. The molecule has 7 nitrogen and oxygen atoms in total. The Balaban J connectivity index is 1.61. The summed E-state index contributed by atoms with van der Waals surface area (Å²) in [5.74, 6) is -3.91. The average molecular weight is 565 g/mol. The molecule has 1 aliphatic rings. The predicted octanol–water partition coefficient (Wildman–Crippen LogP) is 5.63. The van der Waals surface area contributed by atoms with E-state index in [-0.39, 0.29) is 39.5 Å². The van der Waals surface area contributed by atoms with Crippen molar-refractivity contribution in [2.45, 2.75) is 19.9 Å². The van der Waals surface area contributed by atoms with Gasteiger partial charge in [-0.2, -0.15) is 0 Å². The maximum absolute atomic E-state index is 15.4. The van der Waals surface area contributed by atoms with Gasteiger partial charge in [0.1, 0.15) is 24.4 Å². The highest BCUT2D eigenvalue weighted by Crippen LogP contribution is 2.41. The first-order valence-electron chi connectivity index (χ1n) is 11.5. The topological polar surface area (TPSA) is 91.4 Å². The van der Waals surface area contributed by atoms with Crippen LogP contribution in [0.2, 0.25) is 5.02 Å². The summed E-state index contributed by atoms with van der Waals surface area (Å²) >= 11 is 5.73. The molecule has 0 spiro atoms. The van der Waals surface area contributed by atoms with Crippen LogP contribution in [-0.2, 0) is 9.36 Å². The Morgan fingerprint density at radius 3 is 2.47 bits per heavy atom. The summed E-state index contributed by atoms with van der Waals surface area (Å²) in [6.07, 6.45) is 1.43. The number of benzene rings is 2. The molecule has 1 atom stereocenters. The normalized spacial score (nSPS) is 17.0. The number of nitrogens with one attached hydrogen (secondary N) is 2. The molecule has 38 heavy (non-hydrogen) atoms. The van der Waals surface area contributed by atoms with Crippen LogP contribution in [0.3, 0.4) is 0 Å². The molecule has 3 amide bonds. The summed E-state index contributed by atoms with van der Waals surface area (Å²) in [6, 6.07) is 7.33. The maximum Gasteiger partial charge on any atom is 0.319 e. The van der Waals surface area contributed by atoms with Gasteiger partial charge in [0.2, 0.25) is 5.91 Å². The lowest BCUT2D eigenvalue weighted by molar-refractivity contribution is -0.119. The monoisotopic (exact) mass is 564 g/mol. The zero-order valence-corrected chi connectivity index (χ0v) is 22.6. The molecule has 0 unspecified atom stereocenters. The Labute approximate surface area is 222 Å². The van der Waals surface area contributed by atoms with E-state index >= 15 is 8.78 Å². The second-order valence-electron chi connectivity index (χ2n) is 10.1. The van der Waals surface area contributed by atoms with Crippen molar-refractivity contribution in [3.8, 4) is 11.1 Å². The molecule has 0 saturated carbocycles. The molecule has 2 heterocycles. The van der Waals surface area contributed by atoms with Crippen molar-refractivity contribution in [2.24, 2.45) is 5.41 Å². The lowest BCUT2D eigenvalue weighted by Crippen LogP contribution is -2.48. The van der Waals surface area contributed by atoms with Crippen LogP contribution < -0.4 is 21.0 Å². The van der Waals surface area contributed by atoms with Crippen LogP contribution in [0.25, 0.3) is 11.1 Å². The van der Waals surface area contributed by atoms with Gasteiger partial charge in [-0.25, -0.2) is 18.0 Å². The molecule has 0 radical (unpaired) electrons. The second-order valence-corrected chi connectivity index (χ2v) is 13.6. The van der Waals surface area contributed by atoms with Crippen molar-refractivity contribution in [2.75, 3.05) is 30.1 Å². The molecule has 1 aliphatic heterocycles. The average Bonchev–Trinajstić information content (AvgIpc) is 3.05. The quantitative estimate of drug-likeness (QED) is 0.393. The first kappa shape index (κ1) is 27.7. The van der Waals surface area contributed by atoms with Crippen LogP contribution >= 0.6 is 18.7 Å². The van der Waals surface area contributed by atoms with Gasteiger partial charge in [-0.3, -0.25) is 9.78 Å². The van der Waals surface area contributed by atoms with Gasteiger partial charge in [0.25, 0.3) is 0 Å². The summed E-state index contributed by atoms with van der Waals surface area (Å²) in [7, 11) is -2.91. The van der Waals surface area contributed by atoms with E-state index < -0.39 is 48.0 Å². The van der Waals surface area contributed by atoms with Crippen LogP contribution in [0.5, 0.6) is 0 Å². The highest BCUT2D eigenvalue weighted by molar-refractivity contribution is 7.70. The number of rotatable bonds is 5. The van der Waals surface area contributed by atoms with E-state index in [9.17, 15) is 18.5 Å². The Morgan fingerprint density at radius 1 is 1.11 bits per heavy atom. The second kappa shape index (κ2) is 10.1. The summed E-state index contributed by atoms with van der Waals surface area (Å²) in [5.41, 5.74) is -1.11. The number of amides is 3.